The van der Waals surface area contributed by atoms with Gasteiger partial charge in [-0.2, -0.15) is 5.10 Å². The standard InChI is InChI=1S/C20H17N5O3S/c1-13-2-7-17-18(10-13)29-20(23-17)14-3-5-15(6-4-14)22-19(26)8-9-24-12-16(11-21-24)25(27)28/h2-7,10-12H,8-9H2,1H3,(H,22,26). The van der Waals surface area contributed by atoms with E-state index in [0.717, 1.165) is 20.8 Å². The van der Waals surface area contributed by atoms with Gasteiger partial charge in [0.2, 0.25) is 5.91 Å². The first kappa shape index (κ1) is 18.8. The number of carbonyl (C=O) groups excluding carboxylic acids is 1. The predicted octanol–water partition coefficient (Wildman–Crippen LogP) is 4.41. The molecule has 0 saturated heterocycles. The molecule has 4 aromatic rings. The van der Waals surface area contributed by atoms with Crippen LogP contribution in [0.2, 0.25) is 0 Å². The monoisotopic (exact) mass is 407 g/mol. The molecule has 2 aromatic heterocycles. The van der Waals surface area contributed by atoms with Crippen LogP contribution < -0.4 is 5.32 Å². The maximum atomic E-state index is 12.1. The fourth-order valence-electron chi connectivity index (χ4n) is 2.86. The third-order valence-electron chi connectivity index (χ3n) is 4.36. The van der Waals surface area contributed by atoms with E-state index in [9.17, 15) is 14.9 Å². The van der Waals surface area contributed by atoms with Crippen LogP contribution in [0, 0.1) is 17.0 Å². The van der Waals surface area contributed by atoms with Crippen LogP contribution >= 0.6 is 11.3 Å². The third-order valence-corrected chi connectivity index (χ3v) is 5.43. The van der Waals surface area contributed by atoms with Gasteiger partial charge in [-0.15, -0.1) is 11.3 Å². The number of anilines is 1. The summed E-state index contributed by atoms with van der Waals surface area (Å²) in [6.07, 6.45) is 2.64. The van der Waals surface area contributed by atoms with Crippen molar-refractivity contribution >= 4 is 38.8 Å². The van der Waals surface area contributed by atoms with Crippen molar-refractivity contribution in [2.75, 3.05) is 5.32 Å². The van der Waals surface area contributed by atoms with Crippen molar-refractivity contribution in [1.29, 1.82) is 0 Å². The molecule has 0 aliphatic heterocycles. The molecule has 0 fully saturated rings. The SMILES string of the molecule is Cc1ccc2nc(-c3ccc(NC(=O)CCn4cc([N+](=O)[O-])cn4)cc3)sc2c1. The van der Waals surface area contributed by atoms with E-state index in [1.807, 2.05) is 36.4 Å². The molecule has 0 unspecified atom stereocenters. The molecule has 0 spiro atoms. The highest BCUT2D eigenvalue weighted by atomic mass is 32.1. The summed E-state index contributed by atoms with van der Waals surface area (Å²) in [6.45, 7) is 2.33. The lowest BCUT2D eigenvalue weighted by molar-refractivity contribution is -0.385. The molecule has 0 atom stereocenters. The smallest absolute Gasteiger partial charge is 0.306 e. The highest BCUT2D eigenvalue weighted by Gasteiger charge is 2.11. The molecule has 9 heteroatoms. The number of aryl methyl sites for hydroxylation is 2. The van der Waals surface area contributed by atoms with Crippen molar-refractivity contribution in [3.63, 3.8) is 0 Å². The fourth-order valence-corrected chi connectivity index (χ4v) is 3.93. The third kappa shape index (κ3) is 4.30. The van der Waals surface area contributed by atoms with E-state index in [-0.39, 0.29) is 24.6 Å². The number of nitrogens with zero attached hydrogens (tertiary/aromatic N) is 4. The van der Waals surface area contributed by atoms with Crippen LogP contribution in [0.3, 0.4) is 0 Å². The number of rotatable bonds is 6. The first-order valence-electron chi connectivity index (χ1n) is 8.92. The van der Waals surface area contributed by atoms with Crippen LogP contribution in [0.15, 0.2) is 54.9 Å². The molecule has 146 valence electrons. The fraction of sp³-hybridized carbons (Fsp3) is 0.150. The minimum absolute atomic E-state index is 0.0917. The maximum Gasteiger partial charge on any atom is 0.306 e. The molecule has 2 aromatic carbocycles. The molecule has 0 radical (unpaired) electrons. The molecular formula is C20H17N5O3S. The average molecular weight is 407 g/mol. The Balaban J connectivity index is 1.38. The molecule has 29 heavy (non-hydrogen) atoms. The number of hydrogen-bond donors (Lipinski definition) is 1. The lowest BCUT2D eigenvalue weighted by atomic mass is 10.2. The number of amides is 1. The van der Waals surface area contributed by atoms with Crippen LogP contribution in [0.4, 0.5) is 11.4 Å². The van der Waals surface area contributed by atoms with Gasteiger partial charge in [-0.05, 0) is 48.9 Å². The average Bonchev–Trinajstić information content (AvgIpc) is 3.33. The van der Waals surface area contributed by atoms with E-state index in [1.54, 1.807) is 11.3 Å². The van der Waals surface area contributed by atoms with Crippen molar-refractivity contribution in [2.24, 2.45) is 0 Å². The second-order valence-corrected chi connectivity index (χ2v) is 7.62. The summed E-state index contributed by atoms with van der Waals surface area (Å²) in [5.74, 6) is -0.189. The van der Waals surface area contributed by atoms with Crippen LogP contribution in [-0.4, -0.2) is 25.6 Å². The largest absolute Gasteiger partial charge is 0.326 e. The molecule has 1 N–H and O–H groups in total. The van der Waals surface area contributed by atoms with Crippen molar-refractivity contribution in [3.05, 3.63) is 70.5 Å². The van der Waals surface area contributed by atoms with Gasteiger partial charge in [0.25, 0.3) is 0 Å². The van der Waals surface area contributed by atoms with Gasteiger partial charge in [0.15, 0.2) is 0 Å². The number of fused-ring (bicyclic) bond motifs is 1. The van der Waals surface area contributed by atoms with Crippen molar-refractivity contribution in [2.45, 2.75) is 19.9 Å². The van der Waals surface area contributed by atoms with Crippen LogP contribution in [0.25, 0.3) is 20.8 Å². The number of thiazole rings is 1. The highest BCUT2D eigenvalue weighted by Crippen LogP contribution is 2.31. The first-order chi connectivity index (χ1) is 14.0. The van der Waals surface area contributed by atoms with E-state index >= 15 is 0 Å². The second-order valence-electron chi connectivity index (χ2n) is 6.58. The lowest BCUT2D eigenvalue weighted by Gasteiger charge is -2.06. The number of aromatic nitrogens is 3. The lowest BCUT2D eigenvalue weighted by Crippen LogP contribution is -2.14. The Labute approximate surface area is 170 Å². The maximum absolute atomic E-state index is 12.1. The van der Waals surface area contributed by atoms with Crippen molar-refractivity contribution in [3.8, 4) is 10.6 Å². The molecule has 0 bridgehead atoms. The number of nitro groups is 1. The Morgan fingerprint density at radius 1 is 1.24 bits per heavy atom. The summed E-state index contributed by atoms with van der Waals surface area (Å²) in [4.78, 5) is 26.9. The van der Waals surface area contributed by atoms with Gasteiger partial charge >= 0.3 is 5.69 Å². The topological polar surface area (TPSA) is 103 Å². The summed E-state index contributed by atoms with van der Waals surface area (Å²) in [6, 6.07) is 13.7. The minimum atomic E-state index is -0.516. The zero-order chi connectivity index (χ0) is 20.4. The number of hydrogen-bond acceptors (Lipinski definition) is 6. The quantitative estimate of drug-likeness (QED) is 0.377. The van der Waals surface area contributed by atoms with Gasteiger partial charge in [0.1, 0.15) is 17.4 Å². The minimum Gasteiger partial charge on any atom is -0.326 e. The Morgan fingerprint density at radius 3 is 2.76 bits per heavy atom. The summed E-state index contributed by atoms with van der Waals surface area (Å²) in [5, 5.41) is 18.3. The van der Waals surface area contributed by atoms with Crippen LogP contribution in [0.1, 0.15) is 12.0 Å². The Hall–Kier alpha value is -3.59. The van der Waals surface area contributed by atoms with Gasteiger partial charge in [-0.3, -0.25) is 19.6 Å². The van der Waals surface area contributed by atoms with Crippen molar-refractivity contribution < 1.29 is 9.72 Å². The second kappa shape index (κ2) is 7.80. The van der Waals surface area contributed by atoms with E-state index in [4.69, 9.17) is 0 Å². The van der Waals surface area contributed by atoms with E-state index in [0.29, 0.717) is 5.69 Å². The summed E-state index contributed by atoms with van der Waals surface area (Å²) in [5.41, 5.74) is 3.76. The van der Waals surface area contributed by atoms with Gasteiger partial charge in [-0.1, -0.05) is 6.07 Å². The summed E-state index contributed by atoms with van der Waals surface area (Å²) in [7, 11) is 0. The van der Waals surface area contributed by atoms with Gasteiger partial charge in [0, 0.05) is 24.2 Å². The van der Waals surface area contributed by atoms with Crippen LogP contribution in [-0.2, 0) is 11.3 Å². The molecule has 2 heterocycles. The summed E-state index contributed by atoms with van der Waals surface area (Å²) >= 11 is 1.64. The van der Waals surface area contributed by atoms with E-state index < -0.39 is 4.92 Å². The highest BCUT2D eigenvalue weighted by molar-refractivity contribution is 7.21. The molecule has 0 saturated carbocycles. The van der Waals surface area contributed by atoms with E-state index in [2.05, 4.69) is 28.4 Å². The Morgan fingerprint density at radius 2 is 2.03 bits per heavy atom. The molecular weight excluding hydrogens is 390 g/mol. The van der Waals surface area contributed by atoms with Gasteiger partial charge in [0.05, 0.1) is 15.1 Å². The van der Waals surface area contributed by atoms with E-state index in [1.165, 1.54) is 22.6 Å². The first-order valence-corrected chi connectivity index (χ1v) is 9.74. The van der Waals surface area contributed by atoms with Gasteiger partial charge < -0.3 is 5.32 Å². The normalized spacial score (nSPS) is 10.9. The molecule has 0 aliphatic carbocycles. The number of benzene rings is 2. The zero-order valence-electron chi connectivity index (χ0n) is 15.5. The zero-order valence-corrected chi connectivity index (χ0v) is 16.3. The van der Waals surface area contributed by atoms with Crippen LogP contribution in [0.5, 0.6) is 0 Å². The molecule has 8 nitrogen and oxygen atoms in total. The summed E-state index contributed by atoms with van der Waals surface area (Å²) < 4.78 is 2.53. The molecule has 1 amide bonds. The Kier molecular flexibility index (Phi) is 5.05. The van der Waals surface area contributed by atoms with Crippen molar-refractivity contribution in [1.82, 2.24) is 14.8 Å². The predicted molar refractivity (Wildman–Crippen MR) is 112 cm³/mol. The molecule has 0 aliphatic rings. The van der Waals surface area contributed by atoms with Gasteiger partial charge in [-0.25, -0.2) is 4.98 Å². The number of nitrogens with one attached hydrogen (secondary N) is 1. The Bertz CT molecular complexity index is 1200. The molecule has 4 rings (SSSR count). The number of carbonyl (C=O) groups is 1.